The molecule has 0 spiro atoms. The highest BCUT2D eigenvalue weighted by Gasteiger charge is 2.18. The highest BCUT2D eigenvalue weighted by atomic mass is 32.2. The van der Waals surface area contributed by atoms with Gasteiger partial charge >= 0.3 is 0 Å². The first-order chi connectivity index (χ1) is 15.4. The second kappa shape index (κ2) is 9.10. The number of nitrogens with one attached hydrogen (secondary N) is 2. The van der Waals surface area contributed by atoms with Crippen LogP contribution >= 0.6 is 0 Å². The zero-order valence-corrected chi connectivity index (χ0v) is 17.6. The topological polar surface area (TPSA) is 118 Å². The molecule has 0 radical (unpaired) electrons. The molecular formula is C21H19FN6O3S. The fourth-order valence-corrected chi connectivity index (χ4v) is 4.19. The second-order valence-electron chi connectivity index (χ2n) is 6.94. The quantitative estimate of drug-likeness (QED) is 0.395. The lowest BCUT2D eigenvalue weighted by molar-refractivity contribution is 0.0953. The summed E-state index contributed by atoms with van der Waals surface area (Å²) < 4.78 is 42.4. The normalized spacial score (nSPS) is 11.4. The van der Waals surface area contributed by atoms with Gasteiger partial charge in [0.15, 0.2) is 0 Å². The summed E-state index contributed by atoms with van der Waals surface area (Å²) in [6, 6.07) is 11.0. The van der Waals surface area contributed by atoms with Crippen molar-refractivity contribution in [2.75, 3.05) is 11.3 Å². The Hall–Kier alpha value is -3.86. The third-order valence-electron chi connectivity index (χ3n) is 4.64. The Bertz CT molecular complexity index is 1360. The van der Waals surface area contributed by atoms with Crippen molar-refractivity contribution in [3.63, 3.8) is 0 Å². The Morgan fingerprint density at radius 3 is 2.62 bits per heavy atom. The number of anilines is 1. The van der Waals surface area contributed by atoms with Gasteiger partial charge < -0.3 is 5.32 Å². The van der Waals surface area contributed by atoms with E-state index in [1.165, 1.54) is 48.8 Å². The summed E-state index contributed by atoms with van der Waals surface area (Å²) in [5.41, 5.74) is 1.58. The number of amides is 1. The maximum Gasteiger partial charge on any atom is 0.264 e. The van der Waals surface area contributed by atoms with Crippen molar-refractivity contribution < 1.29 is 17.6 Å². The molecule has 0 aliphatic carbocycles. The fraction of sp³-hybridized carbons (Fsp3) is 0.143. The smallest absolute Gasteiger partial charge is 0.264 e. The molecule has 9 nitrogen and oxygen atoms in total. The van der Waals surface area contributed by atoms with Gasteiger partial charge in [-0.3, -0.25) is 9.52 Å². The summed E-state index contributed by atoms with van der Waals surface area (Å²) in [4.78, 5) is 20.1. The number of aryl methyl sites for hydroxylation is 1. The molecule has 0 fully saturated rings. The molecule has 2 aromatic carbocycles. The molecular weight excluding hydrogens is 435 g/mol. The molecule has 0 atom stereocenters. The first kappa shape index (κ1) is 21.4. The van der Waals surface area contributed by atoms with Crippen molar-refractivity contribution in [3.8, 4) is 0 Å². The number of benzene rings is 2. The molecule has 0 bridgehead atoms. The molecule has 2 heterocycles. The lowest BCUT2D eigenvalue weighted by atomic mass is 10.1. The van der Waals surface area contributed by atoms with Crippen LogP contribution in [0.15, 0.2) is 72.1 Å². The molecule has 0 unspecified atom stereocenters. The molecule has 2 aromatic heterocycles. The summed E-state index contributed by atoms with van der Waals surface area (Å²) in [6.45, 7) is 0.454. The van der Waals surface area contributed by atoms with Crippen LogP contribution < -0.4 is 10.0 Å². The SMILES string of the molecule is O=C(NCCCc1cnc2ncnn2c1)c1ccc(NS(=O)(=O)c2ccccc2F)cc1. The maximum absolute atomic E-state index is 13.8. The third kappa shape index (κ3) is 4.89. The van der Waals surface area contributed by atoms with E-state index in [4.69, 9.17) is 0 Å². The number of fused-ring (bicyclic) bond motifs is 1. The zero-order valence-electron chi connectivity index (χ0n) is 16.8. The largest absolute Gasteiger partial charge is 0.352 e. The van der Waals surface area contributed by atoms with Gasteiger partial charge in [-0.1, -0.05) is 12.1 Å². The van der Waals surface area contributed by atoms with Crippen molar-refractivity contribution in [1.82, 2.24) is 24.9 Å². The minimum absolute atomic E-state index is 0.223. The lowest BCUT2D eigenvalue weighted by Gasteiger charge is -2.10. The van der Waals surface area contributed by atoms with Gasteiger partial charge in [-0.05, 0) is 54.8 Å². The molecule has 0 aliphatic heterocycles. The van der Waals surface area contributed by atoms with Gasteiger partial charge in [0.1, 0.15) is 17.0 Å². The summed E-state index contributed by atoms with van der Waals surface area (Å²) in [5, 5.41) is 6.86. The van der Waals surface area contributed by atoms with Gasteiger partial charge in [0, 0.05) is 30.2 Å². The van der Waals surface area contributed by atoms with Gasteiger partial charge in [-0.25, -0.2) is 22.3 Å². The van der Waals surface area contributed by atoms with Gasteiger partial charge in [-0.2, -0.15) is 10.1 Å². The van der Waals surface area contributed by atoms with Crippen molar-refractivity contribution in [2.24, 2.45) is 0 Å². The number of hydrogen-bond acceptors (Lipinski definition) is 6. The summed E-state index contributed by atoms with van der Waals surface area (Å²) >= 11 is 0. The van der Waals surface area contributed by atoms with Crippen LogP contribution in [0, 0.1) is 5.82 Å². The predicted octanol–water partition coefficient (Wildman–Crippen LogP) is 2.43. The average molecular weight is 454 g/mol. The van der Waals surface area contributed by atoms with Crippen LogP contribution in [-0.4, -0.2) is 40.5 Å². The first-order valence-corrected chi connectivity index (χ1v) is 11.2. The highest BCUT2D eigenvalue weighted by Crippen LogP contribution is 2.19. The second-order valence-corrected chi connectivity index (χ2v) is 8.59. The van der Waals surface area contributed by atoms with Crippen molar-refractivity contribution >= 4 is 27.4 Å². The predicted molar refractivity (Wildman–Crippen MR) is 115 cm³/mol. The van der Waals surface area contributed by atoms with Crippen molar-refractivity contribution in [1.29, 1.82) is 0 Å². The number of halogens is 1. The third-order valence-corrected chi connectivity index (χ3v) is 6.06. The number of sulfonamides is 1. The Morgan fingerprint density at radius 1 is 1.06 bits per heavy atom. The van der Waals surface area contributed by atoms with Crippen LogP contribution in [0.5, 0.6) is 0 Å². The van der Waals surface area contributed by atoms with E-state index in [1.54, 1.807) is 10.7 Å². The number of nitrogens with zero attached hydrogens (tertiary/aromatic N) is 4. The summed E-state index contributed by atoms with van der Waals surface area (Å²) in [5.74, 6) is -0.590. The van der Waals surface area contributed by atoms with Crippen LogP contribution in [0.2, 0.25) is 0 Å². The minimum atomic E-state index is -4.07. The Morgan fingerprint density at radius 2 is 1.84 bits per heavy atom. The minimum Gasteiger partial charge on any atom is -0.352 e. The standard InChI is InChI=1S/C21H19FN6O3S/c22-18-5-1-2-6-19(18)32(30,31)27-17-9-7-16(8-10-17)20(29)23-11-3-4-15-12-24-21-25-14-26-28(21)13-15/h1-2,5-10,12-14,27H,3-4,11H2,(H,23,29). The molecule has 32 heavy (non-hydrogen) atoms. The molecule has 164 valence electrons. The van der Waals surface area contributed by atoms with Crippen LogP contribution in [-0.2, 0) is 16.4 Å². The van der Waals surface area contributed by atoms with Crippen molar-refractivity contribution in [2.45, 2.75) is 17.7 Å². The number of carbonyl (C=O) groups is 1. The van der Waals surface area contributed by atoms with Gasteiger partial charge in [0.05, 0.1) is 0 Å². The molecule has 0 saturated heterocycles. The fourth-order valence-electron chi connectivity index (χ4n) is 3.05. The van der Waals surface area contributed by atoms with E-state index in [9.17, 15) is 17.6 Å². The molecule has 0 aliphatic rings. The maximum atomic E-state index is 13.8. The number of rotatable bonds is 8. The van der Waals surface area contributed by atoms with Gasteiger partial charge in [0.25, 0.3) is 21.7 Å². The molecule has 2 N–H and O–H groups in total. The van der Waals surface area contributed by atoms with Crippen LogP contribution in [0.25, 0.3) is 5.78 Å². The average Bonchev–Trinajstić information content (AvgIpc) is 3.25. The Balaban J connectivity index is 1.29. The summed E-state index contributed by atoms with van der Waals surface area (Å²) in [6.07, 6.45) is 6.42. The lowest BCUT2D eigenvalue weighted by Crippen LogP contribution is -2.24. The Kier molecular flexibility index (Phi) is 6.08. The van der Waals surface area contributed by atoms with E-state index < -0.39 is 20.7 Å². The van der Waals surface area contributed by atoms with E-state index in [0.717, 1.165) is 11.6 Å². The van der Waals surface area contributed by atoms with Gasteiger partial charge in [0.2, 0.25) is 0 Å². The summed E-state index contributed by atoms with van der Waals surface area (Å²) in [7, 11) is -4.07. The van der Waals surface area contributed by atoms with E-state index >= 15 is 0 Å². The van der Waals surface area contributed by atoms with E-state index in [-0.39, 0.29) is 11.6 Å². The number of carbonyl (C=O) groups excluding carboxylic acids is 1. The monoisotopic (exact) mass is 454 g/mol. The van der Waals surface area contributed by atoms with E-state index in [1.807, 2.05) is 6.20 Å². The Labute approximate surface area is 183 Å². The van der Waals surface area contributed by atoms with Gasteiger partial charge in [-0.15, -0.1) is 0 Å². The molecule has 0 saturated carbocycles. The molecule has 4 aromatic rings. The zero-order chi connectivity index (χ0) is 22.6. The highest BCUT2D eigenvalue weighted by molar-refractivity contribution is 7.92. The number of hydrogen-bond donors (Lipinski definition) is 2. The molecule has 1 amide bonds. The van der Waals surface area contributed by atoms with E-state index in [0.29, 0.717) is 30.7 Å². The van der Waals surface area contributed by atoms with E-state index in [2.05, 4.69) is 25.1 Å². The van der Waals surface area contributed by atoms with Crippen LogP contribution in [0.4, 0.5) is 10.1 Å². The van der Waals surface area contributed by atoms with Crippen molar-refractivity contribution in [3.05, 3.63) is 84.2 Å². The number of aromatic nitrogens is 4. The molecule has 11 heteroatoms. The van der Waals surface area contributed by atoms with Crippen LogP contribution in [0.3, 0.4) is 0 Å². The first-order valence-electron chi connectivity index (χ1n) is 9.72. The van der Waals surface area contributed by atoms with Crippen LogP contribution in [0.1, 0.15) is 22.3 Å². The molecule has 4 rings (SSSR count).